The molecule has 0 radical (unpaired) electrons. The van der Waals surface area contributed by atoms with Crippen LogP contribution in [0.5, 0.6) is 0 Å². The highest BCUT2D eigenvalue weighted by Crippen LogP contribution is 2.58. The Morgan fingerprint density at radius 2 is 1.38 bits per heavy atom. The van der Waals surface area contributed by atoms with E-state index in [1.807, 2.05) is 18.2 Å². The molecule has 0 saturated carbocycles. The van der Waals surface area contributed by atoms with Crippen molar-refractivity contribution in [2.75, 3.05) is 6.54 Å². The molecule has 1 unspecified atom stereocenters. The number of hydrogen-bond acceptors (Lipinski definition) is 2. The number of rotatable bonds is 6. The van der Waals surface area contributed by atoms with E-state index < -0.39 is 0 Å². The van der Waals surface area contributed by atoms with Crippen molar-refractivity contribution in [1.29, 1.82) is 0 Å². The largest absolute Gasteiger partial charge is 0.285 e. The van der Waals surface area contributed by atoms with E-state index in [9.17, 15) is 0 Å². The fourth-order valence-corrected chi connectivity index (χ4v) is 7.73. The van der Waals surface area contributed by atoms with Gasteiger partial charge in [0.05, 0.1) is 12.2 Å². The van der Waals surface area contributed by atoms with Gasteiger partial charge >= 0.3 is 0 Å². The first-order valence-corrected chi connectivity index (χ1v) is 16.2. The van der Waals surface area contributed by atoms with Crippen LogP contribution in [0.4, 0.5) is 0 Å². The first kappa shape index (κ1) is 29.2. The van der Waals surface area contributed by atoms with E-state index in [4.69, 9.17) is 9.98 Å². The Hall–Kier alpha value is -4.56. The van der Waals surface area contributed by atoms with Gasteiger partial charge in [-0.1, -0.05) is 131 Å². The van der Waals surface area contributed by atoms with Gasteiger partial charge in [-0.3, -0.25) is 9.98 Å². The van der Waals surface area contributed by atoms with Crippen molar-refractivity contribution in [3.63, 3.8) is 0 Å². The first-order valence-electron chi connectivity index (χ1n) is 16.2. The number of hydrogen-bond donors (Lipinski definition) is 0. The van der Waals surface area contributed by atoms with Crippen LogP contribution >= 0.6 is 0 Å². The highest BCUT2D eigenvalue weighted by Gasteiger charge is 2.45. The second kappa shape index (κ2) is 10.8. The summed E-state index contributed by atoms with van der Waals surface area (Å²) in [5, 5.41) is 0. The van der Waals surface area contributed by atoms with Gasteiger partial charge in [-0.2, -0.15) is 0 Å². The van der Waals surface area contributed by atoms with Gasteiger partial charge in [-0.05, 0) is 88.0 Å². The van der Waals surface area contributed by atoms with E-state index in [2.05, 4.69) is 133 Å². The van der Waals surface area contributed by atoms with Crippen LogP contribution in [0.25, 0.3) is 16.8 Å². The van der Waals surface area contributed by atoms with Gasteiger partial charge in [0.1, 0.15) is 0 Å². The Kier molecular flexibility index (Phi) is 7.00. The molecule has 3 aliphatic rings. The Morgan fingerprint density at radius 1 is 0.711 bits per heavy atom. The van der Waals surface area contributed by atoms with Crippen LogP contribution in [0, 0.1) is 0 Å². The maximum atomic E-state index is 4.96. The minimum Gasteiger partial charge on any atom is -0.285 e. The maximum Gasteiger partial charge on any atom is 0.0640 e. The van der Waals surface area contributed by atoms with Crippen LogP contribution in [0.1, 0.15) is 92.8 Å². The van der Waals surface area contributed by atoms with Crippen LogP contribution < -0.4 is 0 Å². The van der Waals surface area contributed by atoms with Crippen molar-refractivity contribution in [1.82, 2.24) is 0 Å². The summed E-state index contributed by atoms with van der Waals surface area (Å²) in [5.41, 5.74) is 17.5. The SMILES string of the molecule is C=C(/N=C(\C)c1ccc2c(c1)C(C)(C)c1cc3c(cc1-2)C(C)(C)C1=CC(C/N=C(\C)c2ccccc2)=CCC13)c1ccccc1. The Bertz CT molecular complexity index is 1960. The molecule has 0 aromatic heterocycles. The summed E-state index contributed by atoms with van der Waals surface area (Å²) in [5.74, 6) is 0.427. The lowest BCUT2D eigenvalue weighted by molar-refractivity contribution is 0.609. The van der Waals surface area contributed by atoms with Gasteiger partial charge in [0, 0.05) is 28.2 Å². The number of allylic oxidation sites excluding steroid dienone is 2. The summed E-state index contributed by atoms with van der Waals surface area (Å²) in [6.07, 6.45) is 5.92. The van der Waals surface area contributed by atoms with Crippen molar-refractivity contribution < 1.29 is 0 Å². The molecule has 0 saturated heterocycles. The second-order valence-corrected chi connectivity index (χ2v) is 13.9. The molecule has 0 aliphatic heterocycles. The minimum atomic E-state index is -0.0949. The highest BCUT2D eigenvalue weighted by molar-refractivity contribution is 6.03. The van der Waals surface area contributed by atoms with Crippen molar-refractivity contribution in [2.45, 2.75) is 64.7 Å². The fourth-order valence-electron chi connectivity index (χ4n) is 7.73. The van der Waals surface area contributed by atoms with E-state index in [0.29, 0.717) is 5.92 Å². The van der Waals surface area contributed by atoms with Gasteiger partial charge in [-0.15, -0.1) is 0 Å². The molecular weight excluding hydrogens is 544 g/mol. The predicted molar refractivity (Wildman–Crippen MR) is 192 cm³/mol. The monoisotopic (exact) mass is 586 g/mol. The van der Waals surface area contributed by atoms with Gasteiger partial charge in [0.25, 0.3) is 0 Å². The zero-order chi connectivity index (χ0) is 31.5. The van der Waals surface area contributed by atoms with Crippen LogP contribution in [0.3, 0.4) is 0 Å². The maximum absolute atomic E-state index is 4.96. The zero-order valence-electron chi connectivity index (χ0n) is 27.4. The predicted octanol–water partition coefficient (Wildman–Crippen LogP) is 10.6. The third-order valence-electron chi connectivity index (χ3n) is 10.5. The molecule has 0 bridgehead atoms. The molecule has 224 valence electrons. The molecule has 4 aromatic rings. The number of aliphatic imine (C=N–C) groups is 2. The van der Waals surface area contributed by atoms with Crippen molar-refractivity contribution >= 4 is 17.1 Å². The fraction of sp³-hybridized carbons (Fsp3) is 0.256. The first-order chi connectivity index (χ1) is 21.6. The van der Waals surface area contributed by atoms with Crippen LogP contribution in [0.2, 0.25) is 0 Å². The van der Waals surface area contributed by atoms with Crippen LogP contribution in [-0.4, -0.2) is 18.0 Å². The number of nitrogens with zero attached hydrogens (tertiary/aromatic N) is 2. The average molecular weight is 587 g/mol. The normalized spacial score (nSPS) is 19.2. The molecule has 7 rings (SSSR count). The summed E-state index contributed by atoms with van der Waals surface area (Å²) in [4.78, 5) is 9.87. The lowest BCUT2D eigenvalue weighted by Gasteiger charge is -2.27. The lowest BCUT2D eigenvalue weighted by Crippen LogP contribution is -2.18. The molecule has 2 nitrogen and oxygen atoms in total. The summed E-state index contributed by atoms with van der Waals surface area (Å²) in [6.45, 7) is 18.8. The highest BCUT2D eigenvalue weighted by atomic mass is 14.8. The standard InChI is InChI=1S/C43H42N2/c1-27(31-14-10-8-11-15-31)44-26-30-18-20-34-36-24-41-37(25-40(36)42(4,5)38(34)22-30)35-21-19-33(23-39(35)43(41,6)7)29(3)45-28(2)32-16-12-9-13-17-32/h8-19,21-25,34H,2,20,26H2,1,3-7H3/b44-27+,45-29+. The minimum absolute atomic E-state index is 0.0272. The van der Waals surface area contributed by atoms with Crippen molar-refractivity contribution in [3.8, 4) is 11.1 Å². The number of benzene rings is 4. The second-order valence-electron chi connectivity index (χ2n) is 13.9. The molecule has 4 aromatic carbocycles. The summed E-state index contributed by atoms with van der Waals surface area (Å²) in [6, 6.07) is 32.7. The summed E-state index contributed by atoms with van der Waals surface area (Å²) >= 11 is 0. The summed E-state index contributed by atoms with van der Waals surface area (Å²) in [7, 11) is 0. The molecule has 0 amide bonds. The molecule has 0 heterocycles. The van der Waals surface area contributed by atoms with E-state index in [1.54, 1.807) is 0 Å². The van der Waals surface area contributed by atoms with Crippen LogP contribution in [0.15, 0.2) is 131 Å². The van der Waals surface area contributed by atoms with Gasteiger partial charge < -0.3 is 0 Å². The third kappa shape index (κ3) is 4.88. The molecule has 0 N–H and O–H groups in total. The Labute approximate surface area is 268 Å². The van der Waals surface area contributed by atoms with E-state index in [1.165, 1.54) is 50.1 Å². The number of fused-ring (bicyclic) bond motifs is 6. The van der Waals surface area contributed by atoms with E-state index in [0.717, 1.165) is 41.2 Å². The Balaban J connectivity index is 1.20. The smallest absolute Gasteiger partial charge is 0.0640 e. The molecule has 1 atom stereocenters. The molecule has 2 heteroatoms. The lowest BCUT2D eigenvalue weighted by atomic mass is 9.77. The van der Waals surface area contributed by atoms with Gasteiger partial charge in [0.2, 0.25) is 0 Å². The average Bonchev–Trinajstić information content (AvgIpc) is 3.42. The molecule has 3 aliphatic carbocycles. The summed E-state index contributed by atoms with van der Waals surface area (Å²) < 4.78 is 0. The third-order valence-corrected chi connectivity index (χ3v) is 10.5. The van der Waals surface area contributed by atoms with E-state index >= 15 is 0 Å². The molecular formula is C43H42N2. The van der Waals surface area contributed by atoms with Gasteiger partial charge in [-0.25, -0.2) is 0 Å². The molecule has 45 heavy (non-hydrogen) atoms. The molecule has 0 spiro atoms. The van der Waals surface area contributed by atoms with Crippen LogP contribution in [-0.2, 0) is 10.8 Å². The Morgan fingerprint density at radius 3 is 2.09 bits per heavy atom. The van der Waals surface area contributed by atoms with Gasteiger partial charge in [0.15, 0.2) is 0 Å². The van der Waals surface area contributed by atoms with Crippen molar-refractivity contribution in [2.24, 2.45) is 9.98 Å². The van der Waals surface area contributed by atoms with E-state index in [-0.39, 0.29) is 10.8 Å². The quantitative estimate of drug-likeness (QED) is 0.201. The topological polar surface area (TPSA) is 24.7 Å². The zero-order valence-corrected chi connectivity index (χ0v) is 27.4. The van der Waals surface area contributed by atoms with Crippen molar-refractivity contribution in [3.05, 3.63) is 160 Å². The molecule has 0 fully saturated rings.